The van der Waals surface area contributed by atoms with Gasteiger partial charge in [0.1, 0.15) is 36.9 Å². The van der Waals surface area contributed by atoms with Crippen molar-refractivity contribution in [1.29, 1.82) is 0 Å². The maximum atomic E-state index is 5.94. The molecule has 172 valence electrons. The molecule has 2 rings (SSSR count). The molecule has 2 atom stereocenters. The average Bonchev–Trinajstić information content (AvgIpc) is 2.72. The fraction of sp³-hybridized carbons (Fsp3) is 0.429. The van der Waals surface area contributed by atoms with Crippen LogP contribution in [0.5, 0.6) is 11.5 Å². The van der Waals surface area contributed by atoms with Crippen LogP contribution in [0.2, 0.25) is 0 Å². The Hall–Kier alpha value is 0.840. The number of ether oxygens (including phenoxy) is 4. The third-order valence-corrected chi connectivity index (χ3v) is 8.16. The van der Waals surface area contributed by atoms with E-state index in [0.29, 0.717) is 23.9 Å². The minimum absolute atomic E-state index is 0.0115. The van der Waals surface area contributed by atoms with E-state index < -0.39 is 0 Å². The molecule has 10 heteroatoms. The van der Waals surface area contributed by atoms with Gasteiger partial charge in [-0.3, -0.25) is 0 Å². The highest BCUT2D eigenvalue weighted by Crippen LogP contribution is 2.38. The first-order valence-corrected chi connectivity index (χ1v) is 14.6. The van der Waals surface area contributed by atoms with Crippen LogP contribution in [0.3, 0.4) is 0 Å². The molecule has 31 heavy (non-hydrogen) atoms. The first-order chi connectivity index (χ1) is 14.8. The monoisotopic (exact) mass is 812 g/mol. The average molecular weight is 818 g/mol. The smallest absolute Gasteiger partial charge is 0.147 e. The number of alkyl halides is 2. The zero-order valence-corrected chi connectivity index (χ0v) is 26.4. The summed E-state index contributed by atoms with van der Waals surface area (Å²) in [5, 5.41) is 1.42. The van der Waals surface area contributed by atoms with E-state index >= 15 is 0 Å². The lowest BCUT2D eigenvalue weighted by molar-refractivity contribution is 0.0753. The summed E-state index contributed by atoms with van der Waals surface area (Å²) in [6, 6.07) is 8.28. The van der Waals surface area contributed by atoms with Gasteiger partial charge >= 0.3 is 0 Å². The topological polar surface area (TPSA) is 36.9 Å². The summed E-state index contributed by atoms with van der Waals surface area (Å²) in [4.78, 5) is 0. The van der Waals surface area contributed by atoms with Crippen molar-refractivity contribution in [2.24, 2.45) is 0 Å². The largest absolute Gasteiger partial charge is 0.488 e. The fourth-order valence-electron chi connectivity index (χ4n) is 2.64. The molecular formula is C21H22Br6O4. The van der Waals surface area contributed by atoms with Crippen LogP contribution in [-0.4, -0.2) is 50.3 Å². The number of methoxy groups -OCH3 is 2. The highest BCUT2D eigenvalue weighted by Gasteiger charge is 2.15. The van der Waals surface area contributed by atoms with Crippen molar-refractivity contribution in [2.45, 2.75) is 18.6 Å². The summed E-state index contributed by atoms with van der Waals surface area (Å²) < 4.78 is 26.1. The van der Waals surface area contributed by atoms with Crippen LogP contribution in [0.4, 0.5) is 0 Å². The van der Waals surface area contributed by atoms with Crippen LogP contribution in [0.25, 0.3) is 0 Å². The second-order valence-corrected chi connectivity index (χ2v) is 11.3. The van der Waals surface area contributed by atoms with Crippen molar-refractivity contribution in [3.05, 3.63) is 53.3 Å². The second-order valence-electron chi connectivity index (χ2n) is 6.60. The molecule has 4 nitrogen and oxygen atoms in total. The molecular weight excluding hydrogens is 796 g/mol. The first-order valence-electron chi connectivity index (χ1n) is 9.21. The van der Waals surface area contributed by atoms with Gasteiger partial charge in [0.25, 0.3) is 0 Å². The normalized spacial score (nSPS) is 13.2. The molecule has 0 saturated carbocycles. The quantitative estimate of drug-likeness (QED) is 0.204. The first kappa shape index (κ1) is 28.1. The Kier molecular flexibility index (Phi) is 12.9. The summed E-state index contributed by atoms with van der Waals surface area (Å²) in [5.41, 5.74) is 2.28. The summed E-state index contributed by atoms with van der Waals surface area (Å²) in [6.07, 6.45) is 0.726. The van der Waals surface area contributed by atoms with Crippen LogP contribution in [0.15, 0.2) is 42.2 Å². The molecule has 0 heterocycles. The van der Waals surface area contributed by atoms with Crippen molar-refractivity contribution in [1.82, 2.24) is 0 Å². The number of halogens is 6. The van der Waals surface area contributed by atoms with Crippen molar-refractivity contribution in [3.8, 4) is 11.5 Å². The highest BCUT2D eigenvalue weighted by molar-refractivity contribution is 9.11. The summed E-state index contributed by atoms with van der Waals surface area (Å²) in [6.45, 7) is 0.914. The molecule has 0 N–H and O–H groups in total. The number of hydrogen-bond donors (Lipinski definition) is 0. The Morgan fingerprint density at radius 3 is 1.23 bits per heavy atom. The van der Waals surface area contributed by atoms with E-state index in [1.165, 1.54) is 0 Å². The number of rotatable bonds is 12. The van der Waals surface area contributed by atoms with Crippen molar-refractivity contribution >= 4 is 95.6 Å². The van der Waals surface area contributed by atoms with Crippen molar-refractivity contribution in [3.63, 3.8) is 0 Å². The van der Waals surface area contributed by atoms with Gasteiger partial charge in [0.05, 0.1) is 17.9 Å². The molecule has 0 aliphatic heterocycles. The lowest BCUT2D eigenvalue weighted by atomic mass is 10.0. The van der Waals surface area contributed by atoms with Crippen LogP contribution < -0.4 is 9.47 Å². The Labute approximate surface area is 233 Å². The van der Waals surface area contributed by atoms with Crippen molar-refractivity contribution < 1.29 is 18.9 Å². The maximum absolute atomic E-state index is 5.94. The molecule has 0 fully saturated rings. The Bertz CT molecular complexity index is 740. The van der Waals surface area contributed by atoms with E-state index in [2.05, 4.69) is 120 Å². The maximum Gasteiger partial charge on any atom is 0.147 e. The van der Waals surface area contributed by atoms with Gasteiger partial charge in [0.2, 0.25) is 0 Å². The second kappa shape index (κ2) is 14.3. The molecule has 2 aromatic rings. The molecule has 2 aromatic carbocycles. The van der Waals surface area contributed by atoms with Gasteiger partial charge in [0, 0.05) is 24.9 Å². The zero-order chi connectivity index (χ0) is 23.0. The molecule has 0 aliphatic rings. The van der Waals surface area contributed by atoms with E-state index in [1.54, 1.807) is 14.2 Å². The van der Waals surface area contributed by atoms with Gasteiger partial charge in [-0.05, 0) is 106 Å². The Morgan fingerprint density at radius 2 is 0.968 bits per heavy atom. The Balaban J connectivity index is 2.13. The number of benzene rings is 2. The minimum atomic E-state index is -0.0115. The van der Waals surface area contributed by atoms with E-state index in [0.717, 1.165) is 46.9 Å². The third-order valence-electron chi connectivity index (χ3n) is 4.36. The highest BCUT2D eigenvalue weighted by atomic mass is 79.9. The molecule has 0 radical (unpaired) electrons. The summed E-state index contributed by atoms with van der Waals surface area (Å²) >= 11 is 21.4. The van der Waals surface area contributed by atoms with Crippen LogP contribution >= 0.6 is 95.6 Å². The van der Waals surface area contributed by atoms with Gasteiger partial charge in [-0.25, -0.2) is 0 Å². The molecule has 0 spiro atoms. The molecule has 2 unspecified atom stereocenters. The van der Waals surface area contributed by atoms with Gasteiger partial charge in [-0.1, -0.05) is 31.9 Å². The standard InChI is InChI=1S/C21H22Br6O4/c1-28-14(8-22)10-30-20-16(24)4-12(5-17(20)25)3-13-6-18(26)21(19(27)7-13)31-11-15(9-23)29-2/h4-7,14-15H,3,8-11H2,1-2H3. The summed E-state index contributed by atoms with van der Waals surface area (Å²) in [5.74, 6) is 1.52. The van der Waals surface area contributed by atoms with Crippen molar-refractivity contribution in [2.75, 3.05) is 38.1 Å². The van der Waals surface area contributed by atoms with Crippen LogP contribution in [0, 0.1) is 0 Å². The SMILES string of the molecule is COC(CBr)COc1c(Br)cc(Cc2cc(Br)c(OCC(CBr)OC)c(Br)c2)cc1Br. The fourth-order valence-corrected chi connectivity index (χ4v) is 6.57. The predicted molar refractivity (Wildman–Crippen MR) is 147 cm³/mol. The van der Waals surface area contributed by atoms with Gasteiger partial charge in [-0.15, -0.1) is 0 Å². The van der Waals surface area contributed by atoms with Crippen LogP contribution in [-0.2, 0) is 15.9 Å². The van der Waals surface area contributed by atoms with E-state index in [-0.39, 0.29) is 12.2 Å². The molecule has 0 bridgehead atoms. The van der Waals surface area contributed by atoms with Gasteiger partial charge in [-0.2, -0.15) is 0 Å². The molecule has 0 aliphatic carbocycles. The van der Waals surface area contributed by atoms with E-state index in [1.807, 2.05) is 0 Å². The summed E-state index contributed by atoms with van der Waals surface area (Å²) in [7, 11) is 3.35. The lowest BCUT2D eigenvalue weighted by Crippen LogP contribution is -2.21. The third kappa shape index (κ3) is 8.53. The minimum Gasteiger partial charge on any atom is -0.488 e. The molecule has 0 aromatic heterocycles. The zero-order valence-electron chi connectivity index (χ0n) is 16.9. The number of hydrogen-bond acceptors (Lipinski definition) is 4. The van der Waals surface area contributed by atoms with Crippen LogP contribution in [0.1, 0.15) is 11.1 Å². The Morgan fingerprint density at radius 1 is 0.645 bits per heavy atom. The van der Waals surface area contributed by atoms with Gasteiger partial charge < -0.3 is 18.9 Å². The molecule has 0 amide bonds. The van der Waals surface area contributed by atoms with Gasteiger partial charge in [0.15, 0.2) is 0 Å². The van der Waals surface area contributed by atoms with E-state index in [4.69, 9.17) is 18.9 Å². The molecule has 0 saturated heterocycles. The van der Waals surface area contributed by atoms with E-state index in [9.17, 15) is 0 Å². The predicted octanol–water partition coefficient (Wildman–Crippen LogP) is 7.90. The lowest BCUT2D eigenvalue weighted by Gasteiger charge is -2.17.